The number of sulfonamides is 1. The number of nitrogens with one attached hydrogen (secondary N) is 2. The highest BCUT2D eigenvalue weighted by Gasteiger charge is 2.56. The quantitative estimate of drug-likeness (QED) is 0.213. The largest absolute Gasteiger partial charge is 0.490 e. The second kappa shape index (κ2) is 12.7. The molecule has 2 aliphatic heterocycles. The van der Waals surface area contributed by atoms with Crippen molar-refractivity contribution in [1.29, 1.82) is 0 Å². The molecule has 4 aromatic rings. The summed E-state index contributed by atoms with van der Waals surface area (Å²) in [5.41, 5.74) is 1.45. The van der Waals surface area contributed by atoms with Crippen molar-refractivity contribution in [2.75, 3.05) is 23.4 Å². The summed E-state index contributed by atoms with van der Waals surface area (Å²) in [6, 6.07) is 17.3. The normalized spacial score (nSPS) is 19.0. The van der Waals surface area contributed by atoms with Gasteiger partial charge in [0, 0.05) is 21.0 Å². The summed E-state index contributed by atoms with van der Waals surface area (Å²) in [7, 11) is -3.87. The lowest BCUT2D eigenvalue weighted by Gasteiger charge is -2.30. The number of H-pyrrole nitrogens is 1. The molecule has 46 heavy (non-hydrogen) atoms. The van der Waals surface area contributed by atoms with E-state index in [1.807, 2.05) is 0 Å². The molecule has 6 rings (SSSR count). The molecule has 12 nitrogen and oxygen atoms in total. The second-order valence-corrected chi connectivity index (χ2v) is 14.9. The molecule has 238 valence electrons. The average molecular weight is 746 g/mol. The lowest BCUT2D eigenvalue weighted by atomic mass is 9.83. The van der Waals surface area contributed by atoms with Gasteiger partial charge in [0.15, 0.2) is 18.1 Å². The van der Waals surface area contributed by atoms with Crippen LogP contribution in [0.5, 0.6) is 11.5 Å². The maximum atomic E-state index is 14.0. The fraction of sp³-hybridized carbons (Fsp3) is 0.200. The van der Waals surface area contributed by atoms with Gasteiger partial charge in [0.1, 0.15) is 5.25 Å². The Balaban J connectivity index is 1.27. The van der Waals surface area contributed by atoms with Gasteiger partial charge in [-0.25, -0.2) is 18.5 Å². The van der Waals surface area contributed by atoms with Crippen LogP contribution in [-0.2, 0) is 24.4 Å². The van der Waals surface area contributed by atoms with Crippen LogP contribution in [0.25, 0.3) is 0 Å². The monoisotopic (exact) mass is 744 g/mol. The topological polar surface area (TPSA) is 178 Å². The van der Waals surface area contributed by atoms with Crippen LogP contribution < -0.4 is 29.7 Å². The average Bonchev–Trinajstić information content (AvgIpc) is 3.51. The number of ether oxygens (including phenoxy) is 2. The molecule has 0 aliphatic carbocycles. The number of hydrogen-bond acceptors (Lipinski definition) is 10. The Bertz CT molecular complexity index is 2010. The molecule has 0 spiro atoms. The molecule has 0 radical (unpaired) electrons. The molecule has 3 aromatic carbocycles. The fourth-order valence-corrected chi connectivity index (χ4v) is 8.69. The third-order valence-corrected chi connectivity index (χ3v) is 11.2. The lowest BCUT2D eigenvalue weighted by Crippen LogP contribution is -2.32. The van der Waals surface area contributed by atoms with Gasteiger partial charge in [-0.1, -0.05) is 45.1 Å². The molecule has 0 bridgehead atoms. The van der Waals surface area contributed by atoms with Gasteiger partial charge in [-0.2, -0.15) is 0 Å². The first kappa shape index (κ1) is 32.0. The molecule has 1 fully saturated rings. The van der Waals surface area contributed by atoms with Gasteiger partial charge in [0.05, 0.1) is 28.1 Å². The Hall–Kier alpha value is -3.96. The van der Waals surface area contributed by atoms with E-state index in [4.69, 9.17) is 14.6 Å². The van der Waals surface area contributed by atoms with Crippen LogP contribution in [0.1, 0.15) is 23.3 Å². The van der Waals surface area contributed by atoms with Crippen molar-refractivity contribution in [3.8, 4) is 11.5 Å². The third kappa shape index (κ3) is 6.22. The predicted molar refractivity (Wildman–Crippen MR) is 176 cm³/mol. The van der Waals surface area contributed by atoms with Crippen LogP contribution in [-0.4, -0.2) is 49.6 Å². The summed E-state index contributed by atoms with van der Waals surface area (Å²) in [5, 5.41) is 7.53. The van der Waals surface area contributed by atoms with E-state index in [-0.39, 0.29) is 40.5 Å². The summed E-state index contributed by atoms with van der Waals surface area (Å²) in [6.45, 7) is 1.67. The molecule has 1 saturated heterocycles. The van der Waals surface area contributed by atoms with Crippen LogP contribution in [0.3, 0.4) is 0 Å². The number of nitrogens with two attached hydrogens (primary N) is 1. The molecule has 3 amide bonds. The number of nitrogens with zero attached hydrogens (tertiary/aromatic N) is 1. The van der Waals surface area contributed by atoms with E-state index in [0.29, 0.717) is 32.6 Å². The number of carbonyl (C=O) groups excluding carboxylic acids is 3. The Morgan fingerprint density at radius 3 is 2.39 bits per heavy atom. The SMILES string of the molecule is CCOc1cc(C2c3sc(=O)[nH]c3SC3C(=O)N(c4ccc(Br)cc4)C(=O)C32)ccc1OCC(=O)Nc1ccc(S(N)(=O)=O)cc1. The number of fused-ring (bicyclic) bond motifs is 2. The van der Waals surface area contributed by atoms with E-state index in [0.717, 1.165) is 15.8 Å². The van der Waals surface area contributed by atoms with Crippen LogP contribution in [0, 0.1) is 5.92 Å². The summed E-state index contributed by atoms with van der Waals surface area (Å²) in [5.74, 6) is -2.07. The van der Waals surface area contributed by atoms with Crippen molar-refractivity contribution < 1.29 is 32.3 Å². The summed E-state index contributed by atoms with van der Waals surface area (Å²) >= 11 is 5.57. The van der Waals surface area contributed by atoms with E-state index < -0.39 is 33.0 Å². The molecule has 3 unspecified atom stereocenters. The van der Waals surface area contributed by atoms with Gasteiger partial charge in [0.25, 0.3) is 5.91 Å². The zero-order valence-electron chi connectivity index (χ0n) is 23.9. The number of primary sulfonamides is 1. The number of thioether (sulfide) groups is 1. The first-order chi connectivity index (χ1) is 21.9. The first-order valence-electron chi connectivity index (χ1n) is 13.8. The minimum atomic E-state index is -3.87. The number of hydrogen-bond donors (Lipinski definition) is 3. The summed E-state index contributed by atoms with van der Waals surface area (Å²) < 4.78 is 35.4. The van der Waals surface area contributed by atoms with Crippen molar-refractivity contribution in [3.63, 3.8) is 0 Å². The first-order valence-corrected chi connectivity index (χ1v) is 17.8. The maximum absolute atomic E-state index is 14.0. The number of benzene rings is 3. The number of aromatic nitrogens is 1. The molecular weight excluding hydrogens is 720 g/mol. The van der Waals surface area contributed by atoms with E-state index in [1.165, 1.54) is 40.9 Å². The summed E-state index contributed by atoms with van der Waals surface area (Å²) in [4.78, 5) is 57.0. The molecule has 4 N–H and O–H groups in total. The number of halogens is 1. The number of thiazole rings is 1. The Labute approximate surface area is 279 Å². The Morgan fingerprint density at radius 2 is 1.72 bits per heavy atom. The number of anilines is 2. The van der Waals surface area contributed by atoms with Crippen LogP contribution >= 0.6 is 39.0 Å². The lowest BCUT2D eigenvalue weighted by molar-refractivity contribution is -0.122. The van der Waals surface area contributed by atoms with Crippen molar-refractivity contribution in [3.05, 3.63) is 91.3 Å². The number of amides is 3. The van der Waals surface area contributed by atoms with E-state index in [9.17, 15) is 27.6 Å². The summed E-state index contributed by atoms with van der Waals surface area (Å²) in [6.07, 6.45) is 0. The standard InChI is InChI=1S/C30H25BrN4O8S3/c1-2-42-21-13-15(3-12-20(21)43-14-22(36)33-17-6-10-19(11-7-17)46(32,40)41)23-24-26(44-27-25(23)45-30(39)34-27)29(38)35(28(24)37)18-8-4-16(31)5-9-18/h3-13,23-24,26H,2,14H2,1H3,(H,33,36)(H,34,39)(H2,32,40,41). The molecule has 3 atom stereocenters. The van der Waals surface area contributed by atoms with Crippen molar-refractivity contribution in [1.82, 2.24) is 4.98 Å². The van der Waals surface area contributed by atoms with Gasteiger partial charge in [0.2, 0.25) is 21.8 Å². The highest BCUT2D eigenvalue weighted by atomic mass is 79.9. The van der Waals surface area contributed by atoms with Crippen LogP contribution in [0.4, 0.5) is 11.4 Å². The Kier molecular flexibility index (Phi) is 8.82. The van der Waals surface area contributed by atoms with Crippen LogP contribution in [0.15, 0.2) is 85.9 Å². The minimum absolute atomic E-state index is 0.0881. The zero-order chi connectivity index (χ0) is 32.7. The highest BCUT2D eigenvalue weighted by molar-refractivity contribution is 9.10. The van der Waals surface area contributed by atoms with Gasteiger partial charge in [-0.15, -0.1) is 0 Å². The predicted octanol–water partition coefficient (Wildman–Crippen LogP) is 4.06. The van der Waals surface area contributed by atoms with E-state index in [1.54, 1.807) is 49.4 Å². The van der Waals surface area contributed by atoms with Gasteiger partial charge in [-0.3, -0.25) is 19.2 Å². The second-order valence-electron chi connectivity index (χ2n) is 10.3. The smallest absolute Gasteiger partial charge is 0.305 e. The van der Waals surface area contributed by atoms with E-state index >= 15 is 0 Å². The molecule has 16 heteroatoms. The molecule has 3 heterocycles. The van der Waals surface area contributed by atoms with Crippen molar-refractivity contribution in [2.24, 2.45) is 11.1 Å². The fourth-order valence-electron chi connectivity index (χ4n) is 5.39. The molecule has 2 aliphatic rings. The molecule has 1 aromatic heterocycles. The number of imide groups is 1. The van der Waals surface area contributed by atoms with Gasteiger partial charge >= 0.3 is 4.87 Å². The van der Waals surface area contributed by atoms with Crippen molar-refractivity contribution >= 4 is 78.1 Å². The zero-order valence-corrected chi connectivity index (χ0v) is 27.9. The van der Waals surface area contributed by atoms with E-state index in [2.05, 4.69) is 26.2 Å². The molecular formula is C30H25BrN4O8S3. The minimum Gasteiger partial charge on any atom is -0.490 e. The number of aromatic amines is 1. The van der Waals surface area contributed by atoms with Gasteiger partial charge in [-0.05, 0) is 73.2 Å². The van der Waals surface area contributed by atoms with Crippen molar-refractivity contribution in [2.45, 2.75) is 28.0 Å². The maximum Gasteiger partial charge on any atom is 0.305 e. The van der Waals surface area contributed by atoms with Gasteiger partial charge < -0.3 is 19.8 Å². The molecule has 0 saturated carbocycles. The van der Waals surface area contributed by atoms with Crippen LogP contribution in [0.2, 0.25) is 0 Å². The number of carbonyl (C=O) groups is 3. The highest BCUT2D eigenvalue weighted by Crippen LogP contribution is 2.53. The number of rotatable bonds is 9. The Morgan fingerprint density at radius 1 is 1.00 bits per heavy atom. The third-order valence-electron chi connectivity index (χ3n) is 7.36.